The minimum atomic E-state index is 0. The van der Waals surface area contributed by atoms with Gasteiger partial charge in [-0.05, 0) is 12.3 Å². The summed E-state index contributed by atoms with van der Waals surface area (Å²) >= 11 is 0. The fraction of sp³-hybridized carbons (Fsp3) is 0.923. The van der Waals surface area contributed by atoms with E-state index in [-0.39, 0.29) is 25.8 Å². The monoisotopic (exact) mass is 246 g/mol. The van der Waals surface area contributed by atoms with Crippen molar-refractivity contribution >= 4 is 0 Å². The predicted molar refractivity (Wildman–Crippen MR) is 65.3 cm³/mol. The van der Waals surface area contributed by atoms with Crippen LogP contribution in [0.25, 0.3) is 0 Å². The second kappa shape index (κ2) is 20.3. The summed E-state index contributed by atoms with van der Waals surface area (Å²) in [6.07, 6.45) is 8.91. The minimum absolute atomic E-state index is 0. The second-order valence-electron chi connectivity index (χ2n) is 4.17. The van der Waals surface area contributed by atoms with Gasteiger partial charge >= 0.3 is 0 Å². The van der Waals surface area contributed by atoms with Crippen molar-refractivity contribution in [1.29, 1.82) is 0 Å². The van der Waals surface area contributed by atoms with Crippen LogP contribution in [0.1, 0.15) is 65.7 Å². The molecule has 0 rings (SSSR count). The SMILES string of the molecule is CC(C)CCO.[CH2-]CCCCCCC.[Sc]. The maximum Gasteiger partial charge on any atom is 0.0433 e. The van der Waals surface area contributed by atoms with E-state index >= 15 is 0 Å². The zero-order chi connectivity index (χ0) is 11.2. The molecule has 0 aromatic heterocycles. The van der Waals surface area contributed by atoms with Crippen molar-refractivity contribution in [2.45, 2.75) is 65.7 Å². The summed E-state index contributed by atoms with van der Waals surface area (Å²) in [7, 11) is 0. The molecular weight excluding hydrogens is 217 g/mol. The van der Waals surface area contributed by atoms with Gasteiger partial charge in [-0.1, -0.05) is 52.9 Å². The Morgan fingerprint density at radius 2 is 1.60 bits per heavy atom. The molecule has 0 atom stereocenters. The van der Waals surface area contributed by atoms with Gasteiger partial charge in [-0.2, -0.15) is 6.42 Å². The Morgan fingerprint density at radius 3 is 1.87 bits per heavy atom. The van der Waals surface area contributed by atoms with Crippen LogP contribution in [-0.4, -0.2) is 11.7 Å². The van der Waals surface area contributed by atoms with Gasteiger partial charge in [-0.3, -0.25) is 0 Å². The average molecular weight is 246 g/mol. The first-order valence-corrected chi connectivity index (χ1v) is 6.09. The number of unbranched alkanes of at least 4 members (excludes halogenated alkanes) is 5. The molecule has 0 saturated carbocycles. The first-order valence-electron chi connectivity index (χ1n) is 6.09. The van der Waals surface area contributed by atoms with Gasteiger partial charge in [0.2, 0.25) is 0 Å². The molecule has 1 N–H and O–H groups in total. The molecule has 0 heterocycles. The van der Waals surface area contributed by atoms with Crippen molar-refractivity contribution in [3.63, 3.8) is 0 Å². The Labute approximate surface area is 116 Å². The summed E-state index contributed by atoms with van der Waals surface area (Å²) in [4.78, 5) is 0. The number of aliphatic hydroxyl groups excluding tert-OH is 1. The van der Waals surface area contributed by atoms with E-state index in [1.165, 1.54) is 32.1 Å². The van der Waals surface area contributed by atoms with E-state index in [1.54, 1.807) is 0 Å². The van der Waals surface area contributed by atoms with Gasteiger partial charge < -0.3 is 12.0 Å². The summed E-state index contributed by atoms with van der Waals surface area (Å²) in [6.45, 7) is 10.5. The van der Waals surface area contributed by atoms with Crippen molar-refractivity contribution in [1.82, 2.24) is 0 Å². The smallest absolute Gasteiger partial charge is 0.0433 e. The summed E-state index contributed by atoms with van der Waals surface area (Å²) in [5.74, 6) is 0.648. The van der Waals surface area contributed by atoms with Gasteiger partial charge in [-0.15, -0.1) is 0 Å². The fourth-order valence-electron chi connectivity index (χ4n) is 1.04. The molecule has 0 unspecified atom stereocenters. The van der Waals surface area contributed by atoms with Gasteiger partial charge in [0.25, 0.3) is 0 Å². The Bertz CT molecular complexity index is 78.6. The Balaban J connectivity index is -0.000000187. The fourth-order valence-corrected chi connectivity index (χ4v) is 1.04. The average Bonchev–Trinajstić information content (AvgIpc) is 2.13. The van der Waals surface area contributed by atoms with Gasteiger partial charge in [-0.25, -0.2) is 0 Å². The molecule has 0 saturated heterocycles. The molecule has 1 nitrogen and oxygen atoms in total. The van der Waals surface area contributed by atoms with E-state index in [9.17, 15) is 0 Å². The third kappa shape index (κ3) is 31.3. The van der Waals surface area contributed by atoms with Crippen LogP contribution in [0, 0.1) is 12.8 Å². The van der Waals surface area contributed by atoms with Crippen LogP contribution in [-0.2, 0) is 25.8 Å². The first-order chi connectivity index (χ1) is 6.68. The zero-order valence-electron chi connectivity index (χ0n) is 11.0. The molecule has 0 amide bonds. The van der Waals surface area contributed by atoms with E-state index in [0.717, 1.165) is 12.8 Å². The molecule has 91 valence electrons. The Hall–Kier alpha value is 0.830. The predicted octanol–water partition coefficient (Wildman–Crippen LogP) is 4.20. The summed E-state index contributed by atoms with van der Waals surface area (Å²) in [5.41, 5.74) is 0. The quantitative estimate of drug-likeness (QED) is 0.527. The van der Waals surface area contributed by atoms with Crippen LogP contribution in [0.5, 0.6) is 0 Å². The van der Waals surface area contributed by atoms with Crippen LogP contribution >= 0.6 is 0 Å². The van der Waals surface area contributed by atoms with Crippen molar-refractivity contribution in [3.8, 4) is 0 Å². The van der Waals surface area contributed by atoms with Crippen LogP contribution in [0.2, 0.25) is 0 Å². The molecule has 0 bridgehead atoms. The topological polar surface area (TPSA) is 20.2 Å². The molecule has 0 aromatic carbocycles. The van der Waals surface area contributed by atoms with Gasteiger partial charge in [0.05, 0.1) is 0 Å². The van der Waals surface area contributed by atoms with Gasteiger partial charge in [0, 0.05) is 32.5 Å². The number of rotatable bonds is 7. The van der Waals surface area contributed by atoms with Crippen molar-refractivity contribution in [3.05, 3.63) is 6.92 Å². The van der Waals surface area contributed by atoms with E-state index < -0.39 is 0 Å². The largest absolute Gasteiger partial charge is 0.396 e. The zero-order valence-corrected chi connectivity index (χ0v) is 12.8. The first kappa shape index (κ1) is 21.2. The van der Waals surface area contributed by atoms with E-state index in [2.05, 4.69) is 27.7 Å². The van der Waals surface area contributed by atoms with Crippen molar-refractivity contribution < 1.29 is 30.9 Å². The van der Waals surface area contributed by atoms with E-state index in [1.807, 2.05) is 0 Å². The maximum atomic E-state index is 8.24. The molecule has 0 spiro atoms. The van der Waals surface area contributed by atoms with Crippen molar-refractivity contribution in [2.75, 3.05) is 6.61 Å². The molecule has 0 aliphatic carbocycles. The molecule has 0 aliphatic heterocycles. The molecule has 0 fully saturated rings. The van der Waals surface area contributed by atoms with Crippen LogP contribution in [0.3, 0.4) is 0 Å². The van der Waals surface area contributed by atoms with Crippen molar-refractivity contribution in [2.24, 2.45) is 5.92 Å². The standard InChI is InChI=1S/C8H17.C5H12O.Sc/c1-3-5-7-8-6-4-2;1-5(2)3-4-6;/h1,3-8H2,2H3;5-6H,3-4H2,1-2H3;/q-1;;. The normalized spacial score (nSPS) is 9.20. The Kier molecular flexibility index (Phi) is 28.6. The summed E-state index contributed by atoms with van der Waals surface area (Å²) < 4.78 is 0. The third-order valence-corrected chi connectivity index (χ3v) is 2.06. The Morgan fingerprint density at radius 1 is 1.07 bits per heavy atom. The second-order valence-corrected chi connectivity index (χ2v) is 4.17. The minimum Gasteiger partial charge on any atom is -0.396 e. The van der Waals surface area contributed by atoms with Gasteiger partial charge in [0.15, 0.2) is 0 Å². The molecule has 15 heavy (non-hydrogen) atoms. The summed E-state index contributed by atoms with van der Waals surface area (Å²) in [5, 5.41) is 8.24. The molecule has 0 aliphatic rings. The third-order valence-electron chi connectivity index (χ3n) is 2.06. The van der Waals surface area contributed by atoms with Crippen LogP contribution < -0.4 is 0 Å². The number of aliphatic hydroxyl groups is 1. The molecular formula is C13H29OSc-. The molecule has 0 aromatic rings. The van der Waals surface area contributed by atoms with Gasteiger partial charge in [0.1, 0.15) is 0 Å². The number of hydrogen-bond acceptors (Lipinski definition) is 1. The van der Waals surface area contributed by atoms with E-state index in [4.69, 9.17) is 5.11 Å². The van der Waals surface area contributed by atoms with Crippen LogP contribution in [0.15, 0.2) is 0 Å². The summed E-state index contributed by atoms with van der Waals surface area (Å²) in [6, 6.07) is 0. The van der Waals surface area contributed by atoms with Crippen LogP contribution in [0.4, 0.5) is 0 Å². The molecule has 2 heteroatoms. The number of hydrogen-bond donors (Lipinski definition) is 1. The molecule has 1 radical (unpaired) electrons. The maximum absolute atomic E-state index is 8.24. The van der Waals surface area contributed by atoms with E-state index in [0.29, 0.717) is 12.5 Å².